The minimum atomic E-state index is -0.317. The van der Waals surface area contributed by atoms with Crippen LogP contribution in [-0.4, -0.2) is 22.7 Å². The van der Waals surface area contributed by atoms with Gasteiger partial charge in [0, 0.05) is 17.7 Å². The lowest BCUT2D eigenvalue weighted by Gasteiger charge is -2.19. The molecule has 0 radical (unpaired) electrons. The first kappa shape index (κ1) is 13.6. The second kappa shape index (κ2) is 4.88. The fourth-order valence-corrected chi connectivity index (χ4v) is 2.79. The van der Waals surface area contributed by atoms with Crippen molar-refractivity contribution in [3.8, 4) is 17.0 Å². The number of benzene rings is 1. The van der Waals surface area contributed by atoms with Crippen LogP contribution in [0.3, 0.4) is 0 Å². The third-order valence-electron chi connectivity index (χ3n) is 3.80. The monoisotopic (exact) mass is 283 g/mol. The summed E-state index contributed by atoms with van der Waals surface area (Å²) in [5, 5.41) is 9.91. The van der Waals surface area contributed by atoms with Gasteiger partial charge in [0.1, 0.15) is 5.75 Å². The molecular formula is C17H17NO3. The quantitative estimate of drug-likeness (QED) is 0.817. The Balaban J connectivity index is 2.28. The predicted octanol–water partition coefficient (Wildman–Crippen LogP) is 3.09. The summed E-state index contributed by atoms with van der Waals surface area (Å²) in [5.74, 6) is -0.0371. The van der Waals surface area contributed by atoms with Crippen molar-refractivity contribution in [1.82, 2.24) is 4.98 Å². The molecule has 3 rings (SSSR count). The first-order chi connectivity index (χ1) is 9.97. The second-order valence-electron chi connectivity index (χ2n) is 5.49. The van der Waals surface area contributed by atoms with Crippen LogP contribution in [0.1, 0.15) is 32.7 Å². The number of hydrogen-bond acceptors (Lipinski definition) is 4. The van der Waals surface area contributed by atoms with Gasteiger partial charge >= 0.3 is 5.97 Å². The van der Waals surface area contributed by atoms with E-state index in [-0.39, 0.29) is 11.7 Å². The summed E-state index contributed by atoms with van der Waals surface area (Å²) in [6.07, 6.45) is 0.716. The number of hydrogen-bond donors (Lipinski definition) is 1. The maximum absolute atomic E-state index is 12.1. The van der Waals surface area contributed by atoms with Crippen LogP contribution in [0.25, 0.3) is 11.3 Å². The summed E-state index contributed by atoms with van der Waals surface area (Å²) >= 11 is 0. The zero-order valence-electron chi connectivity index (χ0n) is 12.4. The number of nitrogens with zero attached hydrogens (tertiary/aromatic N) is 1. The molecule has 0 bridgehead atoms. The number of fused-ring (bicyclic) bond motifs is 1. The number of cyclic esters (lactones) is 1. The highest BCUT2D eigenvalue weighted by molar-refractivity contribution is 5.98. The average Bonchev–Trinajstić information content (AvgIpc) is 2.43. The number of esters is 1. The molecule has 108 valence electrons. The van der Waals surface area contributed by atoms with Crippen LogP contribution in [0.15, 0.2) is 18.2 Å². The molecule has 0 saturated carbocycles. The minimum Gasteiger partial charge on any atom is -0.507 e. The van der Waals surface area contributed by atoms with E-state index in [4.69, 9.17) is 4.74 Å². The lowest BCUT2D eigenvalue weighted by Crippen LogP contribution is -2.20. The van der Waals surface area contributed by atoms with E-state index < -0.39 is 0 Å². The summed E-state index contributed by atoms with van der Waals surface area (Å²) in [6.45, 7) is 6.02. The molecule has 21 heavy (non-hydrogen) atoms. The van der Waals surface area contributed by atoms with Crippen molar-refractivity contribution in [2.45, 2.75) is 27.2 Å². The Kier molecular flexibility index (Phi) is 3.16. The zero-order valence-corrected chi connectivity index (χ0v) is 12.4. The van der Waals surface area contributed by atoms with Crippen LogP contribution in [0, 0.1) is 20.8 Å². The molecule has 1 aliphatic rings. The van der Waals surface area contributed by atoms with Crippen LogP contribution in [0.5, 0.6) is 5.75 Å². The van der Waals surface area contributed by atoms with E-state index in [1.54, 1.807) is 0 Å². The maximum atomic E-state index is 12.1. The third kappa shape index (κ3) is 2.27. The van der Waals surface area contributed by atoms with E-state index in [1.807, 2.05) is 39.0 Å². The van der Waals surface area contributed by atoms with Gasteiger partial charge in [0.25, 0.3) is 0 Å². The largest absolute Gasteiger partial charge is 0.507 e. The van der Waals surface area contributed by atoms with Gasteiger partial charge in [-0.2, -0.15) is 0 Å². The van der Waals surface area contributed by atoms with Gasteiger partial charge < -0.3 is 9.84 Å². The topological polar surface area (TPSA) is 59.4 Å². The number of rotatable bonds is 1. The molecule has 0 atom stereocenters. The normalized spacial score (nSPS) is 13.8. The molecule has 1 N–H and O–H groups in total. The summed E-state index contributed by atoms with van der Waals surface area (Å²) in [7, 11) is 0. The van der Waals surface area contributed by atoms with Gasteiger partial charge in [-0.25, -0.2) is 4.79 Å². The van der Waals surface area contributed by atoms with Crippen molar-refractivity contribution >= 4 is 5.97 Å². The lowest BCUT2D eigenvalue weighted by atomic mass is 9.94. The van der Waals surface area contributed by atoms with Crippen LogP contribution in [0.4, 0.5) is 0 Å². The molecule has 0 fully saturated rings. The summed E-state index contributed by atoms with van der Waals surface area (Å²) in [4.78, 5) is 16.7. The number of phenolic OH excluding ortho intramolecular Hbond substituents is 1. The van der Waals surface area contributed by atoms with Crippen molar-refractivity contribution in [1.29, 1.82) is 0 Å². The van der Waals surface area contributed by atoms with Crippen molar-refractivity contribution < 1.29 is 14.6 Å². The molecule has 1 aliphatic heterocycles. The Labute approximate surface area is 123 Å². The highest BCUT2D eigenvalue weighted by Crippen LogP contribution is 2.33. The van der Waals surface area contributed by atoms with E-state index in [9.17, 15) is 9.90 Å². The smallest absolute Gasteiger partial charge is 0.340 e. The zero-order chi connectivity index (χ0) is 15.1. The Morgan fingerprint density at radius 1 is 1.14 bits per heavy atom. The highest BCUT2D eigenvalue weighted by atomic mass is 16.5. The second-order valence-corrected chi connectivity index (χ2v) is 5.49. The van der Waals surface area contributed by atoms with Crippen molar-refractivity contribution in [2.24, 2.45) is 0 Å². The predicted molar refractivity (Wildman–Crippen MR) is 79.5 cm³/mol. The number of pyridine rings is 1. The van der Waals surface area contributed by atoms with Gasteiger partial charge in [-0.1, -0.05) is 0 Å². The Morgan fingerprint density at radius 2 is 1.81 bits per heavy atom. The highest BCUT2D eigenvalue weighted by Gasteiger charge is 2.25. The number of carbonyl (C=O) groups is 1. The molecule has 1 aromatic carbocycles. The summed E-state index contributed by atoms with van der Waals surface area (Å²) in [6, 6.07) is 5.65. The molecular weight excluding hydrogens is 266 g/mol. The molecule has 0 amide bonds. The molecule has 0 unspecified atom stereocenters. The van der Waals surface area contributed by atoms with Gasteiger partial charge in [-0.15, -0.1) is 0 Å². The van der Waals surface area contributed by atoms with Crippen LogP contribution >= 0.6 is 0 Å². The number of aromatic nitrogens is 1. The van der Waals surface area contributed by atoms with Crippen molar-refractivity contribution in [2.75, 3.05) is 6.61 Å². The third-order valence-corrected chi connectivity index (χ3v) is 3.80. The fourth-order valence-electron chi connectivity index (χ4n) is 2.79. The molecule has 4 nitrogen and oxygen atoms in total. The Hall–Kier alpha value is -2.36. The van der Waals surface area contributed by atoms with Crippen LogP contribution < -0.4 is 0 Å². The van der Waals surface area contributed by atoms with E-state index >= 15 is 0 Å². The summed E-state index contributed by atoms with van der Waals surface area (Å²) in [5.41, 5.74) is 5.43. The number of aromatic hydroxyl groups is 1. The van der Waals surface area contributed by atoms with E-state index in [1.165, 1.54) is 0 Å². The van der Waals surface area contributed by atoms with Crippen molar-refractivity contribution in [3.05, 3.63) is 46.1 Å². The SMILES string of the molecule is Cc1cc2c(c(-c3cc(C)c(O)c(C)c3)n1)C(=O)OCC2. The number of ether oxygens (including phenoxy) is 1. The van der Waals surface area contributed by atoms with Crippen LogP contribution in [-0.2, 0) is 11.2 Å². The van der Waals surface area contributed by atoms with Crippen LogP contribution in [0.2, 0.25) is 0 Å². The fraction of sp³-hybridized carbons (Fsp3) is 0.294. The standard InChI is InChI=1S/C17H17NO3/c1-9-6-13(7-10(2)16(9)19)15-14-12(8-11(3)18-15)4-5-21-17(14)20/h6-8,19H,4-5H2,1-3H3. The van der Waals surface area contributed by atoms with E-state index in [2.05, 4.69) is 4.98 Å². The lowest BCUT2D eigenvalue weighted by molar-refractivity contribution is 0.0481. The molecule has 4 heteroatoms. The Bertz CT molecular complexity index is 727. The number of aryl methyl sites for hydroxylation is 3. The van der Waals surface area contributed by atoms with Gasteiger partial charge in [-0.3, -0.25) is 4.98 Å². The molecule has 2 heterocycles. The van der Waals surface area contributed by atoms with Gasteiger partial charge in [0.05, 0.1) is 17.9 Å². The van der Waals surface area contributed by atoms with Gasteiger partial charge in [0.15, 0.2) is 0 Å². The first-order valence-corrected chi connectivity index (χ1v) is 6.95. The molecule has 2 aromatic rings. The van der Waals surface area contributed by atoms with E-state index in [0.717, 1.165) is 27.9 Å². The maximum Gasteiger partial charge on any atom is 0.340 e. The van der Waals surface area contributed by atoms with Crippen molar-refractivity contribution in [3.63, 3.8) is 0 Å². The summed E-state index contributed by atoms with van der Waals surface area (Å²) < 4.78 is 5.16. The number of phenols is 1. The van der Waals surface area contributed by atoms with E-state index in [0.29, 0.717) is 24.3 Å². The molecule has 0 spiro atoms. The molecule has 0 aliphatic carbocycles. The van der Waals surface area contributed by atoms with Gasteiger partial charge in [0.2, 0.25) is 0 Å². The average molecular weight is 283 g/mol. The molecule has 1 aromatic heterocycles. The molecule has 0 saturated heterocycles. The first-order valence-electron chi connectivity index (χ1n) is 6.95. The number of carbonyl (C=O) groups excluding carboxylic acids is 1. The van der Waals surface area contributed by atoms with Gasteiger partial charge in [-0.05, 0) is 55.7 Å². The minimum absolute atomic E-state index is 0.280. The Morgan fingerprint density at radius 3 is 2.48 bits per heavy atom.